The summed E-state index contributed by atoms with van der Waals surface area (Å²) in [5, 5.41) is 1.09. The third-order valence-corrected chi connectivity index (χ3v) is 4.62. The molecule has 0 radical (unpaired) electrons. The van der Waals surface area contributed by atoms with E-state index >= 15 is 0 Å². The Morgan fingerprint density at radius 1 is 1.58 bits per heavy atom. The molecule has 1 aromatic heterocycles. The Kier molecular flexibility index (Phi) is 4.96. The molecule has 1 aromatic rings. The van der Waals surface area contributed by atoms with E-state index in [1.54, 1.807) is 11.3 Å². The van der Waals surface area contributed by atoms with Gasteiger partial charge in [-0.25, -0.2) is 4.98 Å². The van der Waals surface area contributed by atoms with Gasteiger partial charge < -0.3 is 9.64 Å². The fraction of sp³-hybridized carbons (Fsp3) is 0.643. The molecule has 1 aliphatic heterocycles. The van der Waals surface area contributed by atoms with E-state index in [-0.39, 0.29) is 0 Å². The van der Waals surface area contributed by atoms with Crippen LogP contribution in [0, 0.1) is 6.92 Å². The van der Waals surface area contributed by atoms with Crippen molar-refractivity contribution in [1.29, 1.82) is 0 Å². The zero-order chi connectivity index (χ0) is 13.8. The number of nitrogens with zero attached hydrogens (tertiary/aromatic N) is 3. The van der Waals surface area contributed by atoms with Crippen LogP contribution in [0.4, 0.5) is 5.13 Å². The van der Waals surface area contributed by atoms with Gasteiger partial charge in [0.1, 0.15) is 0 Å². The molecule has 0 saturated carbocycles. The van der Waals surface area contributed by atoms with Crippen molar-refractivity contribution in [2.24, 2.45) is 0 Å². The minimum absolute atomic E-state index is 0.361. The summed E-state index contributed by atoms with van der Waals surface area (Å²) in [6, 6.07) is 0. The predicted molar refractivity (Wildman–Crippen MR) is 81.0 cm³/mol. The molecule has 1 saturated heterocycles. The summed E-state index contributed by atoms with van der Waals surface area (Å²) >= 11 is 1.79. The van der Waals surface area contributed by atoms with Crippen molar-refractivity contribution >= 4 is 16.5 Å². The van der Waals surface area contributed by atoms with Crippen LogP contribution in [0.25, 0.3) is 0 Å². The summed E-state index contributed by atoms with van der Waals surface area (Å²) in [5.41, 5.74) is 1.16. The molecular weight excluding hydrogens is 258 g/mol. The van der Waals surface area contributed by atoms with Crippen molar-refractivity contribution in [3.63, 3.8) is 0 Å². The molecule has 0 aliphatic carbocycles. The predicted octanol–water partition coefficient (Wildman–Crippen LogP) is 2.29. The van der Waals surface area contributed by atoms with Crippen LogP contribution >= 0.6 is 11.3 Å². The number of aryl methyl sites for hydroxylation is 1. The molecule has 2 heterocycles. The first kappa shape index (κ1) is 14.5. The number of likely N-dealkylation sites (tertiary alicyclic amines) is 1. The monoisotopic (exact) mass is 281 g/mol. The van der Waals surface area contributed by atoms with E-state index in [9.17, 15) is 0 Å². The van der Waals surface area contributed by atoms with Gasteiger partial charge in [-0.05, 0) is 13.3 Å². The molecule has 1 aliphatic rings. The number of anilines is 1. The summed E-state index contributed by atoms with van der Waals surface area (Å²) < 4.78 is 5.71. The highest BCUT2D eigenvalue weighted by Crippen LogP contribution is 2.27. The van der Waals surface area contributed by atoms with Crippen molar-refractivity contribution < 1.29 is 4.74 Å². The Bertz CT molecular complexity index is 430. The van der Waals surface area contributed by atoms with Crippen LogP contribution in [0.1, 0.15) is 17.0 Å². The first-order valence-electron chi connectivity index (χ1n) is 6.68. The van der Waals surface area contributed by atoms with E-state index < -0.39 is 0 Å². The number of hydrogen-bond donors (Lipinski definition) is 0. The van der Waals surface area contributed by atoms with Crippen LogP contribution in [-0.2, 0) is 11.3 Å². The van der Waals surface area contributed by atoms with Crippen LogP contribution in [0.15, 0.2) is 12.7 Å². The molecule has 4 nitrogen and oxygen atoms in total. The van der Waals surface area contributed by atoms with Gasteiger partial charge in [0.25, 0.3) is 0 Å². The van der Waals surface area contributed by atoms with E-state index in [0.717, 1.165) is 36.9 Å². The maximum absolute atomic E-state index is 5.71. The Morgan fingerprint density at radius 2 is 2.37 bits per heavy atom. The number of rotatable bonds is 6. The van der Waals surface area contributed by atoms with E-state index in [4.69, 9.17) is 4.74 Å². The summed E-state index contributed by atoms with van der Waals surface area (Å²) in [4.78, 5) is 10.5. The normalized spacial score (nSPS) is 19.8. The second-order valence-electron chi connectivity index (χ2n) is 5.17. The van der Waals surface area contributed by atoms with Gasteiger partial charge >= 0.3 is 0 Å². The van der Waals surface area contributed by atoms with Crippen molar-refractivity contribution in [3.05, 3.63) is 23.2 Å². The van der Waals surface area contributed by atoms with E-state index in [0.29, 0.717) is 12.7 Å². The second kappa shape index (κ2) is 6.50. The molecule has 106 valence electrons. The molecule has 19 heavy (non-hydrogen) atoms. The fourth-order valence-electron chi connectivity index (χ4n) is 2.23. The number of ether oxygens (including phenoxy) is 1. The van der Waals surface area contributed by atoms with Crippen LogP contribution < -0.4 is 4.90 Å². The SMILES string of the molecule is C=CCO[C@H]1CCN(Cc2sc(N(C)C)nc2C)C1. The molecule has 0 amide bonds. The lowest BCUT2D eigenvalue weighted by atomic mass is 10.3. The van der Waals surface area contributed by atoms with E-state index in [1.165, 1.54) is 4.88 Å². The van der Waals surface area contributed by atoms with Gasteiger partial charge in [-0.1, -0.05) is 6.08 Å². The van der Waals surface area contributed by atoms with Crippen molar-refractivity contribution in [1.82, 2.24) is 9.88 Å². The van der Waals surface area contributed by atoms with Crippen molar-refractivity contribution in [3.8, 4) is 0 Å². The Morgan fingerprint density at radius 3 is 3.00 bits per heavy atom. The zero-order valence-electron chi connectivity index (χ0n) is 12.1. The lowest BCUT2D eigenvalue weighted by Crippen LogP contribution is -2.23. The minimum Gasteiger partial charge on any atom is -0.373 e. The van der Waals surface area contributed by atoms with Crippen LogP contribution in [-0.4, -0.2) is 49.8 Å². The molecule has 0 unspecified atom stereocenters. The maximum Gasteiger partial charge on any atom is 0.185 e. The Labute approximate surface area is 119 Å². The van der Waals surface area contributed by atoms with Crippen molar-refractivity contribution in [2.45, 2.75) is 26.0 Å². The van der Waals surface area contributed by atoms with Gasteiger partial charge in [0.2, 0.25) is 0 Å². The van der Waals surface area contributed by atoms with Gasteiger partial charge in [0.05, 0.1) is 18.4 Å². The molecule has 2 rings (SSSR count). The van der Waals surface area contributed by atoms with Crippen LogP contribution in [0.2, 0.25) is 0 Å². The quantitative estimate of drug-likeness (QED) is 0.748. The highest BCUT2D eigenvalue weighted by molar-refractivity contribution is 7.15. The topological polar surface area (TPSA) is 28.6 Å². The zero-order valence-corrected chi connectivity index (χ0v) is 12.9. The molecule has 1 fully saturated rings. The molecule has 0 bridgehead atoms. The largest absolute Gasteiger partial charge is 0.373 e. The summed E-state index contributed by atoms with van der Waals surface area (Å²) in [7, 11) is 4.08. The maximum atomic E-state index is 5.71. The average Bonchev–Trinajstić information content (AvgIpc) is 2.95. The lowest BCUT2D eigenvalue weighted by Gasteiger charge is -2.15. The first-order valence-corrected chi connectivity index (χ1v) is 7.50. The molecule has 0 aromatic carbocycles. The average molecular weight is 281 g/mol. The van der Waals surface area contributed by atoms with Gasteiger partial charge in [-0.15, -0.1) is 17.9 Å². The van der Waals surface area contributed by atoms with Gasteiger partial charge in [-0.3, -0.25) is 4.90 Å². The van der Waals surface area contributed by atoms with E-state index in [2.05, 4.69) is 28.3 Å². The fourth-order valence-corrected chi connectivity index (χ4v) is 3.26. The Balaban J connectivity index is 1.90. The highest BCUT2D eigenvalue weighted by Gasteiger charge is 2.24. The number of aromatic nitrogens is 1. The minimum atomic E-state index is 0.361. The molecular formula is C14H23N3OS. The Hall–Kier alpha value is -0.910. The first-order chi connectivity index (χ1) is 9.10. The molecule has 0 spiro atoms. The summed E-state index contributed by atoms with van der Waals surface area (Å²) in [6.07, 6.45) is 3.30. The van der Waals surface area contributed by atoms with Crippen LogP contribution in [0.5, 0.6) is 0 Å². The smallest absolute Gasteiger partial charge is 0.185 e. The summed E-state index contributed by atoms with van der Waals surface area (Å²) in [5.74, 6) is 0. The van der Waals surface area contributed by atoms with Gasteiger partial charge in [0, 0.05) is 38.6 Å². The van der Waals surface area contributed by atoms with Gasteiger partial charge in [0.15, 0.2) is 5.13 Å². The van der Waals surface area contributed by atoms with Crippen LogP contribution in [0.3, 0.4) is 0 Å². The highest BCUT2D eigenvalue weighted by atomic mass is 32.1. The standard InChI is InChI=1S/C14H23N3OS/c1-5-8-18-12-6-7-17(9-12)10-13-11(2)15-14(19-13)16(3)4/h5,12H,1,6-10H2,2-4H3/t12-/m0/s1. The third kappa shape index (κ3) is 3.78. The van der Waals surface area contributed by atoms with Crippen molar-refractivity contribution in [2.75, 3.05) is 38.7 Å². The molecule has 1 atom stereocenters. The lowest BCUT2D eigenvalue weighted by molar-refractivity contribution is 0.0796. The van der Waals surface area contributed by atoms with Gasteiger partial charge in [-0.2, -0.15) is 0 Å². The second-order valence-corrected chi connectivity index (χ2v) is 6.23. The summed E-state index contributed by atoms with van der Waals surface area (Å²) in [6.45, 7) is 9.56. The number of thiazole rings is 1. The van der Waals surface area contributed by atoms with E-state index in [1.807, 2.05) is 20.2 Å². The number of hydrogen-bond acceptors (Lipinski definition) is 5. The molecule has 5 heteroatoms. The molecule has 0 N–H and O–H groups in total. The third-order valence-electron chi connectivity index (χ3n) is 3.31.